The Morgan fingerprint density at radius 2 is 1.64 bits per heavy atom. The van der Waals surface area contributed by atoms with Gasteiger partial charge in [0.15, 0.2) is 0 Å². The first kappa shape index (κ1) is 18.1. The van der Waals surface area contributed by atoms with Crippen molar-refractivity contribution in [3.8, 4) is 0 Å². The van der Waals surface area contributed by atoms with E-state index in [-0.39, 0.29) is 11.6 Å². The van der Waals surface area contributed by atoms with Gasteiger partial charge in [0.1, 0.15) is 17.3 Å². The molecule has 28 heavy (non-hydrogen) atoms. The Morgan fingerprint density at radius 3 is 2.36 bits per heavy atom. The van der Waals surface area contributed by atoms with E-state index >= 15 is 0 Å². The van der Waals surface area contributed by atoms with Gasteiger partial charge in [0.2, 0.25) is 0 Å². The van der Waals surface area contributed by atoms with Crippen molar-refractivity contribution in [3.05, 3.63) is 106 Å². The minimum absolute atomic E-state index is 0.153. The van der Waals surface area contributed by atoms with Gasteiger partial charge >= 0.3 is 0 Å². The molecule has 3 aromatic carbocycles. The lowest BCUT2D eigenvalue weighted by Gasteiger charge is -2.19. The lowest BCUT2D eigenvalue weighted by Crippen LogP contribution is -2.32. The van der Waals surface area contributed by atoms with Crippen molar-refractivity contribution in [2.75, 3.05) is 4.90 Å². The number of rotatable bonds is 3. The second-order valence-electron chi connectivity index (χ2n) is 6.44. The highest BCUT2D eigenvalue weighted by molar-refractivity contribution is 6.39. The van der Waals surface area contributed by atoms with Gasteiger partial charge in [0, 0.05) is 11.1 Å². The van der Waals surface area contributed by atoms with Crippen LogP contribution in [0.25, 0.3) is 6.08 Å². The van der Waals surface area contributed by atoms with Crippen molar-refractivity contribution in [2.24, 2.45) is 4.99 Å². The summed E-state index contributed by atoms with van der Waals surface area (Å²) in [7, 11) is 0. The largest absolute Gasteiger partial charge is 0.282 e. The van der Waals surface area contributed by atoms with Crippen LogP contribution in [0.15, 0.2) is 83.5 Å². The Labute approximate surface area is 167 Å². The third kappa shape index (κ3) is 3.35. The molecule has 0 saturated heterocycles. The van der Waals surface area contributed by atoms with Crippen LogP contribution in [0.5, 0.6) is 0 Å². The number of hydrogen-bond donors (Lipinski definition) is 0. The average Bonchev–Trinajstić information content (AvgIpc) is 3.01. The summed E-state index contributed by atoms with van der Waals surface area (Å²) in [5, 5.41) is 0.485. The number of anilines is 1. The van der Waals surface area contributed by atoms with Gasteiger partial charge in [-0.15, -0.1) is 0 Å². The zero-order chi connectivity index (χ0) is 19.7. The number of carbonyl (C=O) groups excluding carboxylic acids is 1. The van der Waals surface area contributed by atoms with Crippen molar-refractivity contribution in [3.63, 3.8) is 0 Å². The molecule has 0 saturated carbocycles. The monoisotopic (exact) mass is 390 g/mol. The van der Waals surface area contributed by atoms with Crippen LogP contribution in [-0.2, 0) is 4.79 Å². The highest BCUT2D eigenvalue weighted by Gasteiger charge is 2.33. The van der Waals surface area contributed by atoms with E-state index in [0.29, 0.717) is 27.7 Å². The molecule has 1 aliphatic heterocycles. The van der Waals surface area contributed by atoms with E-state index in [0.717, 1.165) is 5.56 Å². The molecule has 5 heteroatoms. The summed E-state index contributed by atoms with van der Waals surface area (Å²) in [4.78, 5) is 19.2. The molecular weight excluding hydrogens is 375 g/mol. The van der Waals surface area contributed by atoms with Crippen molar-refractivity contribution in [2.45, 2.75) is 6.92 Å². The average molecular weight is 391 g/mol. The van der Waals surface area contributed by atoms with Crippen LogP contribution in [0.3, 0.4) is 0 Å². The minimum atomic E-state index is -0.411. The van der Waals surface area contributed by atoms with Gasteiger partial charge in [-0.25, -0.2) is 9.38 Å². The van der Waals surface area contributed by atoms with E-state index in [2.05, 4.69) is 4.99 Å². The van der Waals surface area contributed by atoms with Gasteiger partial charge in [0.05, 0.1) is 10.7 Å². The maximum atomic E-state index is 14.1. The van der Waals surface area contributed by atoms with Gasteiger partial charge in [-0.05, 0) is 43.3 Å². The molecule has 0 fully saturated rings. The van der Waals surface area contributed by atoms with Crippen LogP contribution < -0.4 is 4.90 Å². The van der Waals surface area contributed by atoms with Crippen LogP contribution in [0.2, 0.25) is 5.02 Å². The summed E-state index contributed by atoms with van der Waals surface area (Å²) < 4.78 is 14.1. The number of halogens is 2. The molecule has 1 heterocycles. The summed E-state index contributed by atoms with van der Waals surface area (Å²) in [5.41, 5.74) is 2.84. The van der Waals surface area contributed by atoms with Crippen molar-refractivity contribution >= 4 is 35.1 Å². The molecule has 3 nitrogen and oxygen atoms in total. The Hall–Kier alpha value is -3.24. The second-order valence-corrected chi connectivity index (χ2v) is 6.85. The smallest absolute Gasteiger partial charge is 0.266 e. The maximum absolute atomic E-state index is 14.1. The van der Waals surface area contributed by atoms with Gasteiger partial charge < -0.3 is 0 Å². The molecule has 0 spiro atoms. The second kappa shape index (κ2) is 7.41. The molecule has 0 unspecified atom stereocenters. The summed E-state index contributed by atoms with van der Waals surface area (Å²) in [6, 6.07) is 21.0. The Bertz CT molecular complexity index is 1120. The molecule has 0 atom stereocenters. The maximum Gasteiger partial charge on any atom is 0.282 e. The molecule has 1 amide bonds. The van der Waals surface area contributed by atoms with Crippen LogP contribution >= 0.6 is 11.6 Å². The Morgan fingerprint density at radius 1 is 0.964 bits per heavy atom. The van der Waals surface area contributed by atoms with Crippen LogP contribution in [0, 0.1) is 12.7 Å². The SMILES string of the molecule is Cc1ccc(N2C(=O)/C(=C\c3ccccc3F)N=C2c2ccccc2Cl)cc1. The predicted molar refractivity (Wildman–Crippen MR) is 111 cm³/mol. The highest BCUT2D eigenvalue weighted by Crippen LogP contribution is 2.30. The lowest BCUT2D eigenvalue weighted by atomic mass is 10.1. The van der Waals surface area contributed by atoms with Crippen LogP contribution in [0.1, 0.15) is 16.7 Å². The van der Waals surface area contributed by atoms with E-state index in [1.54, 1.807) is 24.3 Å². The summed E-state index contributed by atoms with van der Waals surface area (Å²) in [6.07, 6.45) is 1.46. The van der Waals surface area contributed by atoms with E-state index in [1.165, 1.54) is 17.0 Å². The molecule has 138 valence electrons. The number of amides is 1. The highest BCUT2D eigenvalue weighted by atomic mass is 35.5. The van der Waals surface area contributed by atoms with Crippen molar-refractivity contribution < 1.29 is 9.18 Å². The number of aliphatic imine (C=N–C) groups is 1. The number of amidine groups is 1. The number of carbonyl (C=O) groups is 1. The quantitative estimate of drug-likeness (QED) is 0.534. The fraction of sp³-hybridized carbons (Fsp3) is 0.0435. The predicted octanol–water partition coefficient (Wildman–Crippen LogP) is 5.62. The fourth-order valence-corrected chi connectivity index (χ4v) is 3.23. The molecule has 3 aromatic rings. The molecular formula is C23H16ClFN2O. The lowest BCUT2D eigenvalue weighted by molar-refractivity contribution is -0.113. The first-order chi connectivity index (χ1) is 13.5. The van der Waals surface area contributed by atoms with Gasteiger partial charge in [0.25, 0.3) is 5.91 Å². The third-order valence-electron chi connectivity index (χ3n) is 4.46. The normalized spacial score (nSPS) is 15.2. The number of hydrogen-bond acceptors (Lipinski definition) is 2. The van der Waals surface area contributed by atoms with Gasteiger partial charge in [-0.3, -0.25) is 9.69 Å². The van der Waals surface area contributed by atoms with Crippen molar-refractivity contribution in [1.82, 2.24) is 0 Å². The number of benzene rings is 3. The first-order valence-electron chi connectivity index (χ1n) is 8.75. The minimum Gasteiger partial charge on any atom is -0.266 e. The van der Waals surface area contributed by atoms with Crippen LogP contribution in [-0.4, -0.2) is 11.7 Å². The molecule has 0 N–H and O–H groups in total. The molecule has 4 rings (SSSR count). The standard InChI is InChI=1S/C23H16ClFN2O/c1-15-10-12-17(13-11-15)27-22(18-7-3-4-8-19(18)24)26-21(23(27)28)14-16-6-2-5-9-20(16)25/h2-14H,1H3/b21-14+. The molecule has 0 aliphatic carbocycles. The van der Waals surface area contributed by atoms with Crippen LogP contribution in [0.4, 0.5) is 10.1 Å². The van der Waals surface area contributed by atoms with E-state index < -0.39 is 5.82 Å². The Balaban J connectivity index is 1.87. The molecule has 1 aliphatic rings. The molecule has 0 bridgehead atoms. The summed E-state index contributed by atoms with van der Waals surface area (Å²) in [6.45, 7) is 1.97. The van der Waals surface area contributed by atoms with Crippen molar-refractivity contribution in [1.29, 1.82) is 0 Å². The topological polar surface area (TPSA) is 32.7 Å². The summed E-state index contributed by atoms with van der Waals surface area (Å²) in [5.74, 6) is -0.324. The fourth-order valence-electron chi connectivity index (χ4n) is 3.01. The third-order valence-corrected chi connectivity index (χ3v) is 4.79. The summed E-state index contributed by atoms with van der Waals surface area (Å²) >= 11 is 6.36. The number of aryl methyl sites for hydroxylation is 1. The van der Waals surface area contributed by atoms with E-state index in [4.69, 9.17) is 11.6 Å². The van der Waals surface area contributed by atoms with Gasteiger partial charge in [-0.1, -0.05) is 59.6 Å². The molecule has 0 aromatic heterocycles. The first-order valence-corrected chi connectivity index (χ1v) is 9.13. The molecule has 0 radical (unpaired) electrons. The zero-order valence-electron chi connectivity index (χ0n) is 15.1. The van der Waals surface area contributed by atoms with E-state index in [1.807, 2.05) is 49.4 Å². The van der Waals surface area contributed by atoms with Gasteiger partial charge in [-0.2, -0.15) is 0 Å². The Kier molecular flexibility index (Phi) is 4.80. The zero-order valence-corrected chi connectivity index (χ0v) is 15.8. The van der Waals surface area contributed by atoms with E-state index in [9.17, 15) is 9.18 Å². The number of nitrogens with zero attached hydrogens (tertiary/aromatic N) is 2.